The van der Waals surface area contributed by atoms with Crippen molar-refractivity contribution in [1.29, 1.82) is 0 Å². The zero-order valence-corrected chi connectivity index (χ0v) is 17.2. The third kappa shape index (κ3) is 6.42. The van der Waals surface area contributed by atoms with Gasteiger partial charge in [-0.15, -0.1) is 0 Å². The number of esters is 2. The van der Waals surface area contributed by atoms with Crippen molar-refractivity contribution in [2.45, 2.75) is 45.1 Å². The van der Waals surface area contributed by atoms with Crippen LogP contribution in [0.4, 0.5) is 5.69 Å². The van der Waals surface area contributed by atoms with Crippen LogP contribution in [0.2, 0.25) is 0 Å². The van der Waals surface area contributed by atoms with Gasteiger partial charge in [0, 0.05) is 6.07 Å². The molecule has 2 rings (SSSR count). The standard InChI is InChI=1S/C20H28N2O7/c1-20(2,3)29-19(24)18(13-7-9-21-10-8-13)14-5-6-16(15(11-14)22(25)26)28-12-17(23)27-4/h5-6,11,13,18,21H,7-10,12H2,1-4H3. The largest absolute Gasteiger partial charge is 0.475 e. The second-order valence-electron chi connectivity index (χ2n) is 7.95. The number of ether oxygens (including phenoxy) is 3. The van der Waals surface area contributed by atoms with E-state index in [-0.39, 0.29) is 17.4 Å². The van der Waals surface area contributed by atoms with E-state index in [0.717, 1.165) is 25.9 Å². The average molecular weight is 408 g/mol. The number of carbonyl (C=O) groups excluding carboxylic acids is 2. The quantitative estimate of drug-likeness (QED) is 0.416. The molecule has 1 unspecified atom stereocenters. The van der Waals surface area contributed by atoms with Crippen molar-refractivity contribution in [3.63, 3.8) is 0 Å². The topological polar surface area (TPSA) is 117 Å². The third-order valence-electron chi connectivity index (χ3n) is 4.63. The Morgan fingerprint density at radius 2 is 1.93 bits per heavy atom. The van der Waals surface area contributed by atoms with E-state index in [1.54, 1.807) is 26.8 Å². The number of hydrogen-bond donors (Lipinski definition) is 1. The molecule has 1 atom stereocenters. The number of nitrogens with zero attached hydrogens (tertiary/aromatic N) is 1. The highest BCUT2D eigenvalue weighted by Gasteiger charge is 2.35. The van der Waals surface area contributed by atoms with E-state index in [1.807, 2.05) is 0 Å². The number of carbonyl (C=O) groups is 2. The first kappa shape index (κ1) is 22.6. The highest BCUT2D eigenvalue weighted by atomic mass is 16.6. The van der Waals surface area contributed by atoms with Gasteiger partial charge in [0.05, 0.1) is 18.0 Å². The molecule has 1 fully saturated rings. The molecule has 160 valence electrons. The van der Waals surface area contributed by atoms with Crippen LogP contribution in [0.5, 0.6) is 5.75 Å². The molecular formula is C20H28N2O7. The lowest BCUT2D eigenvalue weighted by Gasteiger charge is -2.32. The van der Waals surface area contributed by atoms with Crippen LogP contribution in [0.3, 0.4) is 0 Å². The van der Waals surface area contributed by atoms with Crippen LogP contribution in [0.25, 0.3) is 0 Å². The SMILES string of the molecule is COC(=O)COc1ccc(C(C(=O)OC(C)(C)C)C2CCNCC2)cc1[N+](=O)[O-]. The Balaban J connectivity index is 2.38. The molecule has 1 heterocycles. The monoisotopic (exact) mass is 408 g/mol. The lowest BCUT2D eigenvalue weighted by atomic mass is 9.80. The minimum Gasteiger partial charge on any atom is -0.475 e. The molecular weight excluding hydrogens is 380 g/mol. The lowest BCUT2D eigenvalue weighted by Crippen LogP contribution is -2.36. The van der Waals surface area contributed by atoms with Gasteiger partial charge in [-0.25, -0.2) is 4.79 Å². The van der Waals surface area contributed by atoms with Crippen LogP contribution in [-0.2, 0) is 19.1 Å². The highest BCUT2D eigenvalue weighted by molar-refractivity contribution is 5.79. The van der Waals surface area contributed by atoms with E-state index in [1.165, 1.54) is 19.2 Å². The summed E-state index contributed by atoms with van der Waals surface area (Å²) in [6, 6.07) is 4.37. The molecule has 1 N–H and O–H groups in total. The van der Waals surface area contributed by atoms with Gasteiger partial charge in [0.1, 0.15) is 5.60 Å². The highest BCUT2D eigenvalue weighted by Crippen LogP contribution is 2.37. The molecule has 0 saturated carbocycles. The molecule has 0 aromatic heterocycles. The number of nitro groups is 1. The van der Waals surface area contributed by atoms with Crippen molar-refractivity contribution in [3.05, 3.63) is 33.9 Å². The summed E-state index contributed by atoms with van der Waals surface area (Å²) in [5.74, 6) is -1.72. The van der Waals surface area contributed by atoms with Crippen molar-refractivity contribution in [1.82, 2.24) is 5.32 Å². The number of rotatable bonds is 7. The molecule has 1 aliphatic heterocycles. The van der Waals surface area contributed by atoms with Gasteiger partial charge < -0.3 is 19.5 Å². The summed E-state index contributed by atoms with van der Waals surface area (Å²) in [4.78, 5) is 35.2. The maximum atomic E-state index is 13.0. The van der Waals surface area contributed by atoms with Crippen molar-refractivity contribution < 1.29 is 28.7 Å². The molecule has 0 radical (unpaired) electrons. The van der Waals surface area contributed by atoms with Crippen molar-refractivity contribution >= 4 is 17.6 Å². The van der Waals surface area contributed by atoms with Crippen molar-refractivity contribution in [2.75, 3.05) is 26.8 Å². The van der Waals surface area contributed by atoms with E-state index in [4.69, 9.17) is 9.47 Å². The fourth-order valence-corrected chi connectivity index (χ4v) is 3.33. The van der Waals surface area contributed by atoms with Gasteiger partial charge in [-0.1, -0.05) is 6.07 Å². The van der Waals surface area contributed by atoms with Crippen LogP contribution in [0.1, 0.15) is 45.1 Å². The van der Waals surface area contributed by atoms with Gasteiger partial charge in [-0.2, -0.15) is 0 Å². The first-order chi connectivity index (χ1) is 13.6. The predicted molar refractivity (Wildman–Crippen MR) is 105 cm³/mol. The maximum absolute atomic E-state index is 13.0. The maximum Gasteiger partial charge on any atom is 0.343 e. The fraction of sp³-hybridized carbons (Fsp3) is 0.600. The molecule has 9 heteroatoms. The minimum atomic E-state index is -0.669. The van der Waals surface area contributed by atoms with Gasteiger partial charge in [0.15, 0.2) is 12.4 Å². The molecule has 0 aliphatic carbocycles. The second-order valence-corrected chi connectivity index (χ2v) is 7.95. The van der Waals surface area contributed by atoms with Crippen LogP contribution in [0, 0.1) is 16.0 Å². The summed E-state index contributed by atoms with van der Waals surface area (Å²) in [5, 5.41) is 14.8. The molecule has 0 amide bonds. The van der Waals surface area contributed by atoms with Crippen LogP contribution in [0.15, 0.2) is 18.2 Å². The summed E-state index contributed by atoms with van der Waals surface area (Å²) < 4.78 is 15.3. The molecule has 1 saturated heterocycles. The molecule has 29 heavy (non-hydrogen) atoms. The average Bonchev–Trinajstić information content (AvgIpc) is 2.66. The van der Waals surface area contributed by atoms with E-state index >= 15 is 0 Å². The van der Waals surface area contributed by atoms with Gasteiger partial charge in [-0.05, 0) is 64.3 Å². The lowest BCUT2D eigenvalue weighted by molar-refractivity contribution is -0.385. The third-order valence-corrected chi connectivity index (χ3v) is 4.63. The normalized spacial score (nSPS) is 16.0. The van der Waals surface area contributed by atoms with Gasteiger partial charge >= 0.3 is 17.6 Å². The molecule has 1 aromatic carbocycles. The Hall–Kier alpha value is -2.68. The van der Waals surface area contributed by atoms with Gasteiger partial charge in [0.2, 0.25) is 0 Å². The number of methoxy groups -OCH3 is 1. The van der Waals surface area contributed by atoms with E-state index in [0.29, 0.717) is 5.56 Å². The van der Waals surface area contributed by atoms with Gasteiger partial charge in [0.25, 0.3) is 0 Å². The molecule has 0 spiro atoms. The Bertz CT molecular complexity index is 752. The smallest absolute Gasteiger partial charge is 0.343 e. The Kier molecular flexibility index (Phi) is 7.55. The number of hydrogen-bond acceptors (Lipinski definition) is 8. The first-order valence-electron chi connectivity index (χ1n) is 9.54. The summed E-state index contributed by atoms with van der Waals surface area (Å²) in [7, 11) is 1.20. The van der Waals surface area contributed by atoms with E-state index in [9.17, 15) is 19.7 Å². The summed E-state index contributed by atoms with van der Waals surface area (Å²) in [6.45, 7) is 6.46. The van der Waals surface area contributed by atoms with Crippen LogP contribution < -0.4 is 10.1 Å². The van der Waals surface area contributed by atoms with Crippen LogP contribution in [-0.4, -0.2) is 49.3 Å². The van der Waals surface area contributed by atoms with Gasteiger partial charge in [-0.3, -0.25) is 14.9 Å². The molecule has 1 aromatic rings. The fourth-order valence-electron chi connectivity index (χ4n) is 3.33. The summed E-state index contributed by atoms with van der Waals surface area (Å²) in [5.41, 5.74) is -0.477. The number of benzene rings is 1. The number of piperidine rings is 1. The first-order valence-corrected chi connectivity index (χ1v) is 9.54. The Morgan fingerprint density at radius 3 is 2.48 bits per heavy atom. The summed E-state index contributed by atoms with van der Waals surface area (Å²) >= 11 is 0. The zero-order valence-electron chi connectivity index (χ0n) is 17.2. The number of nitrogens with one attached hydrogen (secondary N) is 1. The van der Waals surface area contributed by atoms with Crippen molar-refractivity contribution in [2.24, 2.45) is 5.92 Å². The summed E-state index contributed by atoms with van der Waals surface area (Å²) in [6.07, 6.45) is 1.52. The minimum absolute atomic E-state index is 0.00698. The zero-order chi connectivity index (χ0) is 21.6. The van der Waals surface area contributed by atoms with E-state index in [2.05, 4.69) is 10.1 Å². The van der Waals surface area contributed by atoms with E-state index < -0.39 is 35.0 Å². The molecule has 1 aliphatic rings. The van der Waals surface area contributed by atoms with Crippen molar-refractivity contribution in [3.8, 4) is 5.75 Å². The Morgan fingerprint density at radius 1 is 1.28 bits per heavy atom. The number of nitro benzene ring substituents is 1. The second kappa shape index (κ2) is 9.69. The molecule has 9 nitrogen and oxygen atoms in total. The molecule has 0 bridgehead atoms. The Labute approximate surface area is 169 Å². The van der Waals surface area contributed by atoms with Crippen LogP contribution >= 0.6 is 0 Å². The predicted octanol–water partition coefficient (Wildman–Crippen LogP) is 2.57.